The van der Waals surface area contributed by atoms with Crippen LogP contribution in [0.25, 0.3) is 0 Å². The summed E-state index contributed by atoms with van der Waals surface area (Å²) in [6.45, 7) is 1.18. The topological polar surface area (TPSA) is 89.8 Å². The van der Waals surface area contributed by atoms with Crippen molar-refractivity contribution in [3.8, 4) is 0 Å². The van der Waals surface area contributed by atoms with E-state index in [0.29, 0.717) is 0 Å². The molecular weight excluding hydrogens is 133 g/mol. The molecular formula is C2H8NO4P. The Morgan fingerprint density at radius 1 is 1.62 bits per heavy atom. The molecule has 8 heavy (non-hydrogen) atoms. The van der Waals surface area contributed by atoms with Crippen LogP contribution in [0.5, 0.6) is 0 Å². The average molecular weight is 141 g/mol. The Morgan fingerprint density at radius 3 is 2.00 bits per heavy atom. The Kier molecular flexibility index (Phi) is 2.59. The normalized spacial score (nSPS) is 16.0. The lowest BCUT2D eigenvalue weighted by Crippen LogP contribution is -2.21. The highest BCUT2D eigenvalue weighted by Crippen LogP contribution is 2.38. The molecule has 0 saturated heterocycles. The summed E-state index contributed by atoms with van der Waals surface area (Å²) in [6.07, 6.45) is 0. The highest BCUT2D eigenvalue weighted by atomic mass is 31.2. The molecule has 50 valence electrons. The van der Waals surface area contributed by atoms with Gasteiger partial charge in [-0.15, -0.1) is 0 Å². The summed E-state index contributed by atoms with van der Waals surface area (Å²) in [7, 11) is -4.12. The highest BCUT2D eigenvalue weighted by Gasteiger charge is 2.22. The molecule has 0 radical (unpaired) electrons. The van der Waals surface area contributed by atoms with Crippen molar-refractivity contribution in [3.05, 3.63) is 0 Å². The van der Waals surface area contributed by atoms with Gasteiger partial charge in [0.15, 0.2) is 0 Å². The number of nitrogens with one attached hydrogen (secondary N) is 1. The molecule has 0 heterocycles. The molecule has 6 heteroatoms. The Balaban J connectivity index is 3.82. The smallest absolute Gasteiger partial charge is 0.323 e. The molecule has 1 atom stereocenters. The fourth-order valence-corrected chi connectivity index (χ4v) is 0.226. The monoisotopic (exact) mass is 141 g/mol. The van der Waals surface area contributed by atoms with Crippen LogP contribution in [-0.4, -0.2) is 20.8 Å². The van der Waals surface area contributed by atoms with Crippen molar-refractivity contribution in [2.45, 2.75) is 12.7 Å². The van der Waals surface area contributed by atoms with Crippen LogP contribution in [0.15, 0.2) is 0 Å². The van der Waals surface area contributed by atoms with E-state index in [9.17, 15) is 4.57 Å². The maximum Gasteiger partial charge on any atom is 0.344 e. The lowest BCUT2D eigenvalue weighted by Gasteiger charge is -2.09. The molecule has 0 saturated carbocycles. The molecule has 0 aliphatic heterocycles. The van der Waals surface area contributed by atoms with E-state index in [1.54, 1.807) is 0 Å². The van der Waals surface area contributed by atoms with Gasteiger partial charge in [0.25, 0.3) is 0 Å². The molecule has 0 fully saturated rings. The maximum atomic E-state index is 10.0. The summed E-state index contributed by atoms with van der Waals surface area (Å²) in [6, 6.07) is 0. The third kappa shape index (κ3) is 2.40. The predicted molar refractivity (Wildman–Crippen MR) is 26.4 cm³/mol. The largest absolute Gasteiger partial charge is 0.344 e. The Hall–Kier alpha value is 0.0700. The van der Waals surface area contributed by atoms with Gasteiger partial charge in [-0.1, -0.05) is 0 Å². The van der Waals surface area contributed by atoms with Gasteiger partial charge in [-0.2, -0.15) is 5.48 Å². The van der Waals surface area contributed by atoms with E-state index in [0.717, 1.165) is 0 Å². The van der Waals surface area contributed by atoms with Gasteiger partial charge in [0, 0.05) is 0 Å². The number of hydrogen-bond acceptors (Lipinski definition) is 3. The summed E-state index contributed by atoms with van der Waals surface area (Å²) in [5.41, 5.74) is 1.44. The van der Waals surface area contributed by atoms with Crippen molar-refractivity contribution in [2.24, 2.45) is 0 Å². The van der Waals surface area contributed by atoms with E-state index < -0.39 is 13.4 Å². The Bertz CT molecular complexity index is 109. The first-order valence-electron chi connectivity index (χ1n) is 1.93. The summed E-state index contributed by atoms with van der Waals surface area (Å²) in [5.74, 6) is -1.18. The molecule has 0 aromatic carbocycles. The fourth-order valence-electron chi connectivity index (χ4n) is 0.0752. The van der Waals surface area contributed by atoms with Crippen LogP contribution < -0.4 is 5.48 Å². The molecule has 0 amide bonds. The van der Waals surface area contributed by atoms with Crippen LogP contribution in [0.2, 0.25) is 0 Å². The lowest BCUT2D eigenvalue weighted by atomic mass is 10.8. The van der Waals surface area contributed by atoms with E-state index in [-0.39, 0.29) is 0 Å². The van der Waals surface area contributed by atoms with Crippen molar-refractivity contribution in [3.63, 3.8) is 0 Å². The summed E-state index contributed by atoms with van der Waals surface area (Å²) in [4.78, 5) is 16.3. The van der Waals surface area contributed by atoms with Gasteiger partial charge >= 0.3 is 7.60 Å². The number of rotatable bonds is 2. The standard InChI is InChI=1S/C2H8NO4P/c1-2(3-4)8(5,6)7/h2-4H,1H3,(H2,5,6,7). The SMILES string of the molecule is CC(NO)P(=O)(O)O. The molecule has 4 N–H and O–H groups in total. The van der Waals surface area contributed by atoms with E-state index in [4.69, 9.17) is 15.0 Å². The van der Waals surface area contributed by atoms with Gasteiger partial charge in [0.05, 0.1) is 0 Å². The minimum Gasteiger partial charge on any atom is -0.323 e. The van der Waals surface area contributed by atoms with E-state index in [2.05, 4.69) is 0 Å². The first-order chi connectivity index (χ1) is 3.48. The number of hydrogen-bond donors (Lipinski definition) is 4. The van der Waals surface area contributed by atoms with Gasteiger partial charge in [0.2, 0.25) is 0 Å². The van der Waals surface area contributed by atoms with Gasteiger partial charge in [-0.05, 0) is 6.92 Å². The summed E-state index contributed by atoms with van der Waals surface area (Å²) < 4.78 is 10.0. The lowest BCUT2D eigenvalue weighted by molar-refractivity contribution is 0.147. The van der Waals surface area contributed by atoms with Crippen molar-refractivity contribution in [1.29, 1.82) is 0 Å². The average Bonchev–Trinajstić information content (AvgIpc) is 1.62. The second-order valence-electron chi connectivity index (χ2n) is 1.39. The third-order valence-corrected chi connectivity index (χ3v) is 1.82. The first kappa shape index (κ1) is 8.07. The Labute approximate surface area is 46.5 Å². The van der Waals surface area contributed by atoms with Crippen molar-refractivity contribution >= 4 is 7.60 Å². The van der Waals surface area contributed by atoms with Crippen molar-refractivity contribution in [2.75, 3.05) is 0 Å². The Morgan fingerprint density at radius 2 is 2.00 bits per heavy atom. The molecule has 1 unspecified atom stereocenters. The first-order valence-corrected chi connectivity index (χ1v) is 3.61. The third-order valence-electron chi connectivity index (χ3n) is 0.691. The van der Waals surface area contributed by atoms with Crippen molar-refractivity contribution < 1.29 is 19.6 Å². The minimum absolute atomic E-state index is 1.18. The van der Waals surface area contributed by atoms with Crippen LogP contribution in [0, 0.1) is 0 Å². The molecule has 0 spiro atoms. The van der Waals surface area contributed by atoms with E-state index >= 15 is 0 Å². The number of hydroxylamine groups is 1. The molecule has 0 aliphatic carbocycles. The molecule has 5 nitrogen and oxygen atoms in total. The molecule has 0 aromatic rings. The van der Waals surface area contributed by atoms with Crippen LogP contribution in [0.1, 0.15) is 6.92 Å². The second kappa shape index (κ2) is 2.57. The maximum absolute atomic E-state index is 10.0. The molecule has 0 rings (SSSR count). The van der Waals surface area contributed by atoms with Gasteiger partial charge in [-0.25, -0.2) is 0 Å². The van der Waals surface area contributed by atoms with Crippen LogP contribution in [0.3, 0.4) is 0 Å². The van der Waals surface area contributed by atoms with Gasteiger partial charge in [0.1, 0.15) is 5.78 Å². The summed E-state index contributed by atoms with van der Waals surface area (Å²) >= 11 is 0. The zero-order chi connectivity index (χ0) is 6.78. The molecule has 0 aromatic heterocycles. The van der Waals surface area contributed by atoms with Gasteiger partial charge in [-0.3, -0.25) is 4.57 Å². The van der Waals surface area contributed by atoms with E-state index in [1.165, 1.54) is 12.4 Å². The van der Waals surface area contributed by atoms with Crippen molar-refractivity contribution in [1.82, 2.24) is 5.48 Å². The second-order valence-corrected chi connectivity index (χ2v) is 3.35. The molecule has 0 aliphatic rings. The van der Waals surface area contributed by atoms with E-state index in [1.807, 2.05) is 0 Å². The quantitative estimate of drug-likeness (QED) is 0.307. The zero-order valence-electron chi connectivity index (χ0n) is 4.27. The van der Waals surface area contributed by atoms with Gasteiger partial charge < -0.3 is 15.0 Å². The fraction of sp³-hybridized carbons (Fsp3) is 1.00. The zero-order valence-corrected chi connectivity index (χ0v) is 5.17. The minimum atomic E-state index is -4.12. The van der Waals surface area contributed by atoms with Crippen LogP contribution in [0.4, 0.5) is 0 Å². The van der Waals surface area contributed by atoms with Crippen LogP contribution in [-0.2, 0) is 4.57 Å². The summed E-state index contributed by atoms with van der Waals surface area (Å²) in [5, 5.41) is 7.93. The molecule has 0 bridgehead atoms. The predicted octanol–water partition coefficient (Wildman–Crippen LogP) is -0.511. The highest BCUT2D eigenvalue weighted by molar-refractivity contribution is 7.52. The van der Waals surface area contributed by atoms with Crippen LogP contribution >= 0.6 is 7.60 Å².